The molecule has 0 radical (unpaired) electrons. The smallest absolute Gasteiger partial charge is 0.210 e. The highest BCUT2D eigenvalue weighted by atomic mass is 16.5. The van der Waals surface area contributed by atoms with Gasteiger partial charge < -0.3 is 15.2 Å². The molecule has 2 aromatic heterocycles. The van der Waals surface area contributed by atoms with E-state index < -0.39 is 0 Å². The molecular formula is C26H28N4O2. The van der Waals surface area contributed by atoms with Gasteiger partial charge in [0.1, 0.15) is 23.9 Å². The predicted octanol–water partition coefficient (Wildman–Crippen LogP) is 5.25. The monoisotopic (exact) mass is 430 g/mol. The highest BCUT2D eigenvalue weighted by Gasteiger charge is 2.17. The summed E-state index contributed by atoms with van der Waals surface area (Å²) >= 11 is 0. The minimum atomic E-state index is 0.272. The Morgan fingerprint density at radius 1 is 1.00 bits per heavy atom. The summed E-state index contributed by atoms with van der Waals surface area (Å²) in [5.41, 5.74) is 6.20. The van der Waals surface area contributed by atoms with Gasteiger partial charge in [-0.05, 0) is 46.9 Å². The first kappa shape index (κ1) is 20.3. The molecule has 0 fully saturated rings. The van der Waals surface area contributed by atoms with Crippen LogP contribution < -0.4 is 10.1 Å². The molecule has 6 nitrogen and oxygen atoms in total. The number of hydrogen-bond acceptors (Lipinski definition) is 5. The maximum Gasteiger partial charge on any atom is 0.210 e. The van der Waals surface area contributed by atoms with Crippen LogP contribution in [0.25, 0.3) is 22.4 Å². The van der Waals surface area contributed by atoms with Crippen molar-refractivity contribution in [3.63, 3.8) is 0 Å². The lowest BCUT2D eigenvalue weighted by Gasteiger charge is -2.11. The van der Waals surface area contributed by atoms with Gasteiger partial charge >= 0.3 is 0 Å². The number of H-pyrrole nitrogens is 1. The fourth-order valence-electron chi connectivity index (χ4n) is 3.53. The topological polar surface area (TPSA) is 83.1 Å². The van der Waals surface area contributed by atoms with E-state index in [1.54, 1.807) is 12.4 Å². The highest BCUT2D eigenvalue weighted by molar-refractivity contribution is 5.88. The van der Waals surface area contributed by atoms with Gasteiger partial charge in [0.25, 0.3) is 0 Å². The van der Waals surface area contributed by atoms with Crippen molar-refractivity contribution in [3.05, 3.63) is 84.2 Å². The van der Waals surface area contributed by atoms with Crippen molar-refractivity contribution in [2.75, 3.05) is 18.5 Å². The van der Waals surface area contributed by atoms with Gasteiger partial charge in [-0.1, -0.05) is 50.2 Å². The molecule has 2 aromatic carbocycles. The van der Waals surface area contributed by atoms with E-state index in [-0.39, 0.29) is 6.61 Å². The van der Waals surface area contributed by atoms with E-state index in [2.05, 4.69) is 63.7 Å². The third-order valence-corrected chi connectivity index (χ3v) is 5.32. The molecule has 0 saturated heterocycles. The Morgan fingerprint density at radius 3 is 2.44 bits per heavy atom. The molecule has 3 N–H and O–H groups in total. The molecule has 4 rings (SSSR count). The Labute approximate surface area is 189 Å². The summed E-state index contributed by atoms with van der Waals surface area (Å²) in [5, 5.41) is 15.3. The summed E-state index contributed by atoms with van der Waals surface area (Å²) in [6, 6.07) is 20.4. The molecule has 4 aromatic rings. The Balaban J connectivity index is 1.53. The third-order valence-electron chi connectivity index (χ3n) is 5.32. The molecule has 32 heavy (non-hydrogen) atoms. The van der Waals surface area contributed by atoms with Crippen molar-refractivity contribution < 1.29 is 9.85 Å². The highest BCUT2D eigenvalue weighted by Crippen LogP contribution is 2.36. The van der Waals surface area contributed by atoms with Crippen LogP contribution in [0.1, 0.15) is 30.9 Å². The first-order valence-corrected chi connectivity index (χ1v) is 10.8. The minimum absolute atomic E-state index is 0.272. The third kappa shape index (κ3) is 4.98. The van der Waals surface area contributed by atoms with Gasteiger partial charge in [-0.3, -0.25) is 10.1 Å². The molecule has 0 atom stereocenters. The van der Waals surface area contributed by atoms with Gasteiger partial charge in [0.2, 0.25) is 1.43 Å². The lowest BCUT2D eigenvalue weighted by Crippen LogP contribution is -2.06. The maximum absolute atomic E-state index is 6.89. The van der Waals surface area contributed by atoms with Crippen LogP contribution in [0.15, 0.2) is 73.1 Å². The molecule has 2 heterocycles. The van der Waals surface area contributed by atoms with Gasteiger partial charge in [0, 0.05) is 24.5 Å². The van der Waals surface area contributed by atoms with E-state index in [4.69, 9.17) is 6.17 Å². The van der Waals surface area contributed by atoms with E-state index >= 15 is 0 Å². The van der Waals surface area contributed by atoms with Gasteiger partial charge in [-0.2, -0.15) is 5.10 Å². The van der Waals surface area contributed by atoms with Crippen molar-refractivity contribution in [3.8, 4) is 28.1 Å². The number of nitrogens with zero attached hydrogens (tertiary/aromatic N) is 2. The molecular weight excluding hydrogens is 400 g/mol. The lowest BCUT2D eigenvalue weighted by molar-refractivity contribution is 0.306. The van der Waals surface area contributed by atoms with Gasteiger partial charge in [-0.25, -0.2) is 0 Å². The van der Waals surface area contributed by atoms with Crippen LogP contribution in [0.2, 0.25) is 0 Å². The number of benzene rings is 2. The Kier molecular flexibility index (Phi) is 6.41. The summed E-state index contributed by atoms with van der Waals surface area (Å²) in [6.45, 7) is 5.67. The molecule has 0 saturated carbocycles. The molecule has 6 heteroatoms. The summed E-state index contributed by atoms with van der Waals surface area (Å²) in [4.78, 5) is 4.10. The summed E-state index contributed by atoms with van der Waals surface area (Å²) in [7, 11) is 0. The Morgan fingerprint density at radius 2 is 1.75 bits per heavy atom. The molecule has 0 aliphatic carbocycles. The summed E-state index contributed by atoms with van der Waals surface area (Å²) in [6.07, 6.45) is 3.50. The predicted molar refractivity (Wildman–Crippen MR) is 128 cm³/mol. The number of rotatable bonds is 10. The number of aromatic amines is 1. The molecule has 0 unspecified atom stereocenters. The Hall–Kier alpha value is -3.64. The number of nitrogens with one attached hydrogen (secondary N) is 2. The summed E-state index contributed by atoms with van der Waals surface area (Å²) < 4.78 is 12.9. The molecule has 0 bridgehead atoms. The molecule has 0 spiro atoms. The molecule has 0 aliphatic rings. The quantitative estimate of drug-likeness (QED) is 0.300. The second-order valence-electron chi connectivity index (χ2n) is 7.90. The zero-order chi connectivity index (χ0) is 23.0. The Bertz CT molecular complexity index is 1140. The van der Waals surface area contributed by atoms with Crippen LogP contribution in [0.3, 0.4) is 0 Å². The number of ether oxygens (including phenoxy) is 1. The average molecular weight is 431 g/mol. The second kappa shape index (κ2) is 10.1. The van der Waals surface area contributed by atoms with Crippen molar-refractivity contribution in [2.24, 2.45) is 0 Å². The normalized spacial score (nSPS) is 11.4. The van der Waals surface area contributed by atoms with E-state index in [1.165, 1.54) is 5.56 Å². The summed E-state index contributed by atoms with van der Waals surface area (Å²) in [5.74, 6) is 2.10. The average Bonchev–Trinajstić information content (AvgIpc) is 3.28. The molecule has 164 valence electrons. The van der Waals surface area contributed by atoms with Crippen molar-refractivity contribution in [1.82, 2.24) is 15.2 Å². The van der Waals surface area contributed by atoms with Crippen LogP contribution in [0, 0.1) is 0 Å². The number of aliphatic hydroxyl groups is 1. The van der Waals surface area contributed by atoms with Crippen LogP contribution in [0.5, 0.6) is 5.75 Å². The maximum atomic E-state index is 6.89. The van der Waals surface area contributed by atoms with Crippen LogP contribution in [0.4, 0.5) is 5.82 Å². The van der Waals surface area contributed by atoms with Crippen molar-refractivity contribution in [2.45, 2.75) is 26.4 Å². The largest absolute Gasteiger partial charge is 0.489 e. The number of hydrogen-bond donors (Lipinski definition) is 3. The molecule has 0 amide bonds. The SMILES string of the molecule is [3H]OCCNc1[nH]nc(-c2ccncc2)c1-c1ccc(OCc2ccc(C(C)C)cc2)cc1. The van der Waals surface area contributed by atoms with Crippen LogP contribution in [-0.2, 0) is 6.61 Å². The van der Waals surface area contributed by atoms with E-state index in [1.807, 2.05) is 36.4 Å². The molecule has 0 aliphatic heterocycles. The number of aromatic nitrogens is 3. The number of aliphatic hydroxyl groups excluding tert-OH is 1. The number of pyridine rings is 1. The standard InChI is InChI=1S/C26H28N4O2/c1-18(2)20-5-3-19(4-6-20)17-32-23-9-7-21(8-10-23)24-25(22-11-13-27-14-12-22)29-30-26(24)28-15-16-31/h3-14,18,31H,15-17H2,1-2H3,(H2,28,29,30)/i31T. The van der Waals surface area contributed by atoms with Gasteiger partial charge in [0.05, 0.1) is 12.2 Å². The van der Waals surface area contributed by atoms with Crippen molar-refractivity contribution in [1.29, 1.82) is 1.43 Å². The number of anilines is 1. The fraction of sp³-hybridized carbons (Fsp3) is 0.231. The van der Waals surface area contributed by atoms with Crippen LogP contribution >= 0.6 is 0 Å². The fourth-order valence-corrected chi connectivity index (χ4v) is 3.53. The van der Waals surface area contributed by atoms with E-state index in [0.29, 0.717) is 19.1 Å². The minimum Gasteiger partial charge on any atom is -0.489 e. The second-order valence-corrected chi connectivity index (χ2v) is 7.90. The van der Waals surface area contributed by atoms with Crippen molar-refractivity contribution >= 4 is 5.82 Å². The van der Waals surface area contributed by atoms with E-state index in [0.717, 1.165) is 39.5 Å². The van der Waals surface area contributed by atoms with E-state index in [9.17, 15) is 0 Å². The first-order chi connectivity index (χ1) is 16.2. The first-order valence-electron chi connectivity index (χ1n) is 11.2. The zero-order valence-corrected chi connectivity index (χ0v) is 18.3. The zero-order valence-electron chi connectivity index (χ0n) is 19.3. The van der Waals surface area contributed by atoms with Crippen LogP contribution in [-0.4, -0.2) is 34.9 Å². The van der Waals surface area contributed by atoms with Gasteiger partial charge in [0.15, 0.2) is 0 Å². The lowest BCUT2D eigenvalue weighted by atomic mass is 10.0. The van der Waals surface area contributed by atoms with Gasteiger partial charge in [-0.15, -0.1) is 0 Å².